The van der Waals surface area contributed by atoms with Gasteiger partial charge in [0, 0.05) is 19.2 Å². The van der Waals surface area contributed by atoms with Crippen LogP contribution in [0.15, 0.2) is 30.3 Å². The predicted molar refractivity (Wildman–Crippen MR) is 59.5 cm³/mol. The first-order valence-corrected chi connectivity index (χ1v) is 4.48. The molecule has 0 saturated carbocycles. The van der Waals surface area contributed by atoms with E-state index in [1.807, 2.05) is 30.3 Å². The Morgan fingerprint density at radius 1 is 1.38 bits per heavy atom. The summed E-state index contributed by atoms with van der Waals surface area (Å²) in [5.41, 5.74) is 1.49. The predicted octanol–water partition coefficient (Wildman–Crippen LogP) is 1.99. The van der Waals surface area contributed by atoms with E-state index < -0.39 is 0 Å². The molecule has 0 saturated heterocycles. The van der Waals surface area contributed by atoms with Crippen molar-refractivity contribution in [3.63, 3.8) is 0 Å². The topological polar surface area (TPSA) is 35.9 Å². The molecular weight excluding hydrogens is 180 g/mol. The van der Waals surface area contributed by atoms with Crippen LogP contribution in [0.1, 0.15) is 12.0 Å². The first kappa shape index (κ1) is 9.86. The third-order valence-electron chi connectivity index (χ3n) is 1.74. The number of hydrogen-bond donors (Lipinski definition) is 2. The molecule has 1 aromatic carbocycles. The molecule has 68 valence electrons. The van der Waals surface area contributed by atoms with Gasteiger partial charge in [-0.2, -0.15) is 0 Å². The van der Waals surface area contributed by atoms with Gasteiger partial charge in [0.15, 0.2) is 0 Å². The fourth-order valence-electron chi connectivity index (χ4n) is 0.990. The highest BCUT2D eigenvalue weighted by atomic mass is 32.1. The molecule has 0 aliphatic rings. The average molecular weight is 192 g/mol. The summed E-state index contributed by atoms with van der Waals surface area (Å²) < 4.78 is 0. The lowest BCUT2D eigenvalue weighted by Crippen LogP contribution is -2.19. The highest BCUT2D eigenvalue weighted by molar-refractivity contribution is 7.80. The van der Waals surface area contributed by atoms with E-state index in [4.69, 9.17) is 17.6 Å². The van der Waals surface area contributed by atoms with Crippen molar-refractivity contribution >= 4 is 22.9 Å². The van der Waals surface area contributed by atoms with E-state index in [-0.39, 0.29) is 0 Å². The standard InChI is InChI=1S/C10H12N2S/c1-12-10(13)7-9(11)8-5-3-2-4-6-8/h2-6,11H,7H2,1H3,(H,12,13). The van der Waals surface area contributed by atoms with Crippen LogP contribution in [0, 0.1) is 5.41 Å². The first-order chi connectivity index (χ1) is 6.24. The van der Waals surface area contributed by atoms with Gasteiger partial charge in [0.2, 0.25) is 0 Å². The van der Waals surface area contributed by atoms with Crippen LogP contribution in [0.4, 0.5) is 0 Å². The number of nitrogens with one attached hydrogen (secondary N) is 2. The normalized spacial score (nSPS) is 9.31. The molecule has 0 radical (unpaired) electrons. The van der Waals surface area contributed by atoms with Gasteiger partial charge in [-0.05, 0) is 5.56 Å². The molecule has 0 bridgehead atoms. The Hall–Kier alpha value is -1.22. The highest BCUT2D eigenvalue weighted by Gasteiger charge is 2.02. The van der Waals surface area contributed by atoms with Crippen LogP contribution >= 0.6 is 12.2 Å². The molecule has 0 heterocycles. The van der Waals surface area contributed by atoms with Crippen molar-refractivity contribution in [2.75, 3.05) is 7.05 Å². The Labute approximate surface area is 83.5 Å². The minimum atomic E-state index is 0.510. The molecule has 0 fully saturated rings. The summed E-state index contributed by atoms with van der Waals surface area (Å²) in [6.07, 6.45) is 0.510. The lowest BCUT2D eigenvalue weighted by molar-refractivity contribution is 1.17. The maximum Gasteiger partial charge on any atom is 0.0811 e. The zero-order valence-electron chi connectivity index (χ0n) is 7.50. The maximum absolute atomic E-state index is 7.74. The molecule has 0 unspecified atom stereocenters. The Bertz CT molecular complexity index is 306. The van der Waals surface area contributed by atoms with Gasteiger partial charge in [-0.25, -0.2) is 0 Å². The number of thiocarbonyl (C=S) groups is 1. The third-order valence-corrected chi connectivity index (χ3v) is 2.09. The van der Waals surface area contributed by atoms with Crippen molar-refractivity contribution in [2.45, 2.75) is 6.42 Å². The van der Waals surface area contributed by atoms with E-state index in [1.54, 1.807) is 7.05 Å². The molecular formula is C10H12N2S. The summed E-state index contributed by atoms with van der Waals surface area (Å²) in [5, 5.41) is 10.6. The van der Waals surface area contributed by atoms with Gasteiger partial charge < -0.3 is 10.7 Å². The molecule has 13 heavy (non-hydrogen) atoms. The second-order valence-electron chi connectivity index (χ2n) is 2.69. The minimum Gasteiger partial charge on any atom is -0.382 e. The van der Waals surface area contributed by atoms with Crippen molar-refractivity contribution in [3.8, 4) is 0 Å². The van der Waals surface area contributed by atoms with Crippen LogP contribution in [-0.4, -0.2) is 17.7 Å². The van der Waals surface area contributed by atoms with Crippen molar-refractivity contribution in [3.05, 3.63) is 35.9 Å². The van der Waals surface area contributed by atoms with Gasteiger partial charge in [-0.1, -0.05) is 42.5 Å². The minimum absolute atomic E-state index is 0.510. The summed E-state index contributed by atoms with van der Waals surface area (Å²) in [6, 6.07) is 9.62. The van der Waals surface area contributed by atoms with Crippen molar-refractivity contribution in [1.29, 1.82) is 5.41 Å². The summed E-state index contributed by atoms with van der Waals surface area (Å²) >= 11 is 4.98. The van der Waals surface area contributed by atoms with Crippen LogP contribution in [0.3, 0.4) is 0 Å². The number of hydrogen-bond acceptors (Lipinski definition) is 2. The van der Waals surface area contributed by atoms with Crippen LogP contribution < -0.4 is 5.32 Å². The summed E-state index contributed by atoms with van der Waals surface area (Å²) in [7, 11) is 1.78. The van der Waals surface area contributed by atoms with E-state index >= 15 is 0 Å². The van der Waals surface area contributed by atoms with Gasteiger partial charge in [0.05, 0.1) is 4.99 Å². The van der Waals surface area contributed by atoms with Crippen molar-refractivity contribution < 1.29 is 0 Å². The lowest BCUT2D eigenvalue weighted by Gasteiger charge is -2.04. The molecule has 0 aliphatic carbocycles. The quantitative estimate of drug-likeness (QED) is 0.567. The van der Waals surface area contributed by atoms with Gasteiger partial charge in [0.25, 0.3) is 0 Å². The lowest BCUT2D eigenvalue weighted by atomic mass is 10.1. The van der Waals surface area contributed by atoms with Crippen LogP contribution in [-0.2, 0) is 0 Å². The molecule has 0 amide bonds. The van der Waals surface area contributed by atoms with Crippen LogP contribution in [0.25, 0.3) is 0 Å². The van der Waals surface area contributed by atoms with E-state index in [1.165, 1.54) is 0 Å². The monoisotopic (exact) mass is 192 g/mol. The molecule has 1 rings (SSSR count). The Kier molecular flexibility index (Phi) is 3.58. The molecule has 1 aromatic rings. The number of rotatable bonds is 3. The fourth-order valence-corrected chi connectivity index (χ4v) is 1.13. The molecule has 0 atom stereocenters. The van der Waals surface area contributed by atoms with E-state index in [0.29, 0.717) is 17.1 Å². The van der Waals surface area contributed by atoms with Crippen molar-refractivity contribution in [1.82, 2.24) is 5.32 Å². The van der Waals surface area contributed by atoms with E-state index in [2.05, 4.69) is 5.32 Å². The summed E-state index contributed by atoms with van der Waals surface area (Å²) in [4.78, 5) is 0.703. The molecule has 2 N–H and O–H groups in total. The average Bonchev–Trinajstić information content (AvgIpc) is 2.19. The van der Waals surface area contributed by atoms with Gasteiger partial charge in [0.1, 0.15) is 0 Å². The van der Waals surface area contributed by atoms with E-state index in [0.717, 1.165) is 5.56 Å². The second kappa shape index (κ2) is 4.72. The van der Waals surface area contributed by atoms with Crippen LogP contribution in [0.2, 0.25) is 0 Å². The summed E-state index contributed by atoms with van der Waals surface area (Å²) in [5.74, 6) is 0. The molecule has 3 heteroatoms. The maximum atomic E-state index is 7.74. The van der Waals surface area contributed by atoms with Gasteiger partial charge in [-0.15, -0.1) is 0 Å². The number of benzene rings is 1. The van der Waals surface area contributed by atoms with Gasteiger partial charge >= 0.3 is 0 Å². The van der Waals surface area contributed by atoms with E-state index in [9.17, 15) is 0 Å². The highest BCUT2D eigenvalue weighted by Crippen LogP contribution is 2.02. The smallest absolute Gasteiger partial charge is 0.0811 e. The molecule has 0 spiro atoms. The summed E-state index contributed by atoms with van der Waals surface area (Å²) in [6.45, 7) is 0. The third kappa shape index (κ3) is 2.95. The first-order valence-electron chi connectivity index (χ1n) is 4.07. The largest absolute Gasteiger partial charge is 0.382 e. The fraction of sp³-hybridized carbons (Fsp3) is 0.200. The van der Waals surface area contributed by atoms with Crippen molar-refractivity contribution in [2.24, 2.45) is 0 Å². The zero-order chi connectivity index (χ0) is 9.68. The van der Waals surface area contributed by atoms with Crippen LogP contribution in [0.5, 0.6) is 0 Å². The Morgan fingerprint density at radius 3 is 2.54 bits per heavy atom. The molecule has 2 nitrogen and oxygen atoms in total. The zero-order valence-corrected chi connectivity index (χ0v) is 8.32. The Balaban J connectivity index is 2.65. The Morgan fingerprint density at radius 2 is 2.00 bits per heavy atom. The molecule has 0 aromatic heterocycles. The SMILES string of the molecule is CNC(=S)CC(=N)c1ccccc1. The second-order valence-corrected chi connectivity index (χ2v) is 3.19. The van der Waals surface area contributed by atoms with Gasteiger partial charge in [-0.3, -0.25) is 0 Å². The molecule has 0 aliphatic heterocycles.